The molecule has 1 aromatic rings. The van der Waals surface area contributed by atoms with Crippen LogP contribution in [0.2, 0.25) is 0 Å². The summed E-state index contributed by atoms with van der Waals surface area (Å²) in [5.74, 6) is 0.432. The number of carbonyl (C=O) groups is 1. The first-order valence-electron chi connectivity index (χ1n) is 7.28. The molecule has 1 aromatic carbocycles. The first kappa shape index (κ1) is 15.3. The number of nitrogens with zero attached hydrogens (tertiary/aromatic N) is 1. The van der Waals surface area contributed by atoms with E-state index in [1.54, 1.807) is 0 Å². The number of nitrogens with one attached hydrogen (secondary N) is 1. The third-order valence-corrected chi connectivity index (χ3v) is 4.21. The molecule has 2 rings (SSSR count). The molecule has 2 atom stereocenters. The Labute approximate surface area is 126 Å². The number of hydrogen-bond acceptors (Lipinski definition) is 2. The maximum absolute atomic E-state index is 12.4. The Bertz CT molecular complexity index is 601. The first-order valence-corrected chi connectivity index (χ1v) is 7.28. The first-order chi connectivity index (χ1) is 9.86. The smallest absolute Gasteiger partial charge is 0.228 e. The lowest BCUT2D eigenvalue weighted by Gasteiger charge is -2.06. The van der Waals surface area contributed by atoms with Crippen LogP contribution >= 0.6 is 0 Å². The topological polar surface area (TPSA) is 52.9 Å². The second-order valence-corrected chi connectivity index (χ2v) is 6.59. The van der Waals surface area contributed by atoms with Gasteiger partial charge in [-0.25, -0.2) is 0 Å². The molecule has 1 aliphatic rings. The van der Waals surface area contributed by atoms with Crippen LogP contribution in [0.1, 0.15) is 33.3 Å². The Balaban J connectivity index is 2.02. The van der Waals surface area contributed by atoms with Crippen molar-refractivity contribution in [2.45, 2.75) is 34.1 Å². The second kappa shape index (κ2) is 5.73. The summed E-state index contributed by atoms with van der Waals surface area (Å²) in [6.07, 6.45) is 2.59. The molecule has 1 saturated carbocycles. The number of nitriles is 1. The highest BCUT2D eigenvalue weighted by Crippen LogP contribution is 2.59. The molecule has 1 N–H and O–H groups in total. The van der Waals surface area contributed by atoms with E-state index < -0.39 is 0 Å². The minimum Gasteiger partial charge on any atom is -0.326 e. The fraction of sp³-hybridized carbons (Fsp3) is 0.444. The van der Waals surface area contributed by atoms with E-state index >= 15 is 0 Å². The van der Waals surface area contributed by atoms with E-state index in [2.05, 4.69) is 45.2 Å². The van der Waals surface area contributed by atoms with E-state index in [0.29, 0.717) is 12.3 Å². The van der Waals surface area contributed by atoms with Crippen molar-refractivity contribution >= 4 is 11.6 Å². The van der Waals surface area contributed by atoms with Crippen LogP contribution in [-0.2, 0) is 11.2 Å². The molecule has 0 aliphatic heterocycles. The SMILES string of the molecule is CC(C)=CC1C(C(=O)Nc2ccc(CC#N)cc2)C1(C)C. The summed E-state index contributed by atoms with van der Waals surface area (Å²) in [4.78, 5) is 12.4. The second-order valence-electron chi connectivity index (χ2n) is 6.59. The molecule has 110 valence electrons. The van der Waals surface area contributed by atoms with Gasteiger partial charge in [0, 0.05) is 5.69 Å². The normalized spacial score (nSPS) is 22.0. The van der Waals surface area contributed by atoms with Crippen molar-refractivity contribution in [1.82, 2.24) is 0 Å². The summed E-state index contributed by atoms with van der Waals surface area (Å²) in [5.41, 5.74) is 3.04. The molecular formula is C18H22N2O. The van der Waals surface area contributed by atoms with Crippen molar-refractivity contribution in [3.8, 4) is 6.07 Å². The summed E-state index contributed by atoms with van der Waals surface area (Å²) in [6, 6.07) is 9.59. The third-order valence-electron chi connectivity index (χ3n) is 4.21. The zero-order valence-corrected chi connectivity index (χ0v) is 13.1. The van der Waals surface area contributed by atoms with E-state index in [1.165, 1.54) is 5.57 Å². The van der Waals surface area contributed by atoms with Gasteiger partial charge in [0.05, 0.1) is 18.4 Å². The maximum Gasteiger partial charge on any atom is 0.228 e. The lowest BCUT2D eigenvalue weighted by Crippen LogP contribution is -2.16. The standard InChI is InChI=1S/C18H22N2O/c1-12(2)11-15-16(18(15,3)4)17(21)20-14-7-5-13(6-8-14)9-10-19/h5-8,11,15-16H,9H2,1-4H3,(H,20,21). The Morgan fingerprint density at radius 3 is 2.48 bits per heavy atom. The number of benzene rings is 1. The van der Waals surface area contributed by atoms with Gasteiger partial charge in [-0.15, -0.1) is 0 Å². The number of rotatable bonds is 4. The van der Waals surface area contributed by atoms with E-state index in [9.17, 15) is 4.79 Å². The molecule has 0 heterocycles. The Kier molecular flexibility index (Phi) is 4.18. The average molecular weight is 282 g/mol. The zero-order chi connectivity index (χ0) is 15.6. The number of allylic oxidation sites excluding steroid dienone is 2. The minimum absolute atomic E-state index is 0.0299. The van der Waals surface area contributed by atoms with Crippen molar-refractivity contribution in [2.75, 3.05) is 5.32 Å². The number of carbonyl (C=O) groups excluding carboxylic acids is 1. The molecule has 1 amide bonds. The van der Waals surface area contributed by atoms with Crippen molar-refractivity contribution in [3.05, 3.63) is 41.5 Å². The molecular weight excluding hydrogens is 260 g/mol. The van der Waals surface area contributed by atoms with Gasteiger partial charge in [0.1, 0.15) is 0 Å². The highest BCUT2D eigenvalue weighted by Gasteiger charge is 2.60. The van der Waals surface area contributed by atoms with Gasteiger partial charge in [-0.3, -0.25) is 4.79 Å². The third kappa shape index (κ3) is 3.33. The van der Waals surface area contributed by atoms with Gasteiger partial charge >= 0.3 is 0 Å². The van der Waals surface area contributed by atoms with E-state index in [1.807, 2.05) is 24.3 Å². The van der Waals surface area contributed by atoms with Crippen molar-refractivity contribution in [3.63, 3.8) is 0 Å². The molecule has 21 heavy (non-hydrogen) atoms. The highest BCUT2D eigenvalue weighted by atomic mass is 16.2. The monoisotopic (exact) mass is 282 g/mol. The molecule has 0 bridgehead atoms. The van der Waals surface area contributed by atoms with Crippen LogP contribution in [0, 0.1) is 28.6 Å². The van der Waals surface area contributed by atoms with Crippen LogP contribution in [0.5, 0.6) is 0 Å². The number of amides is 1. The maximum atomic E-state index is 12.4. The van der Waals surface area contributed by atoms with Gasteiger partial charge in [-0.1, -0.05) is 37.6 Å². The summed E-state index contributed by atoms with van der Waals surface area (Å²) in [6.45, 7) is 8.41. The average Bonchev–Trinajstić information content (AvgIpc) is 2.92. The summed E-state index contributed by atoms with van der Waals surface area (Å²) in [7, 11) is 0. The van der Waals surface area contributed by atoms with E-state index in [4.69, 9.17) is 5.26 Å². The van der Waals surface area contributed by atoms with Crippen LogP contribution in [0.15, 0.2) is 35.9 Å². The highest BCUT2D eigenvalue weighted by molar-refractivity contribution is 5.95. The van der Waals surface area contributed by atoms with E-state index in [-0.39, 0.29) is 17.2 Å². The molecule has 3 nitrogen and oxygen atoms in total. The molecule has 0 aromatic heterocycles. The molecule has 1 aliphatic carbocycles. The molecule has 2 unspecified atom stereocenters. The van der Waals surface area contributed by atoms with Crippen LogP contribution < -0.4 is 5.32 Å². The van der Waals surface area contributed by atoms with Gasteiger partial charge in [0.15, 0.2) is 0 Å². The van der Waals surface area contributed by atoms with Gasteiger partial charge in [-0.05, 0) is 42.9 Å². The summed E-state index contributed by atoms with van der Waals surface area (Å²) < 4.78 is 0. The Morgan fingerprint density at radius 1 is 1.33 bits per heavy atom. The van der Waals surface area contributed by atoms with Gasteiger partial charge < -0.3 is 5.32 Å². The van der Waals surface area contributed by atoms with Crippen LogP contribution in [0.3, 0.4) is 0 Å². The van der Waals surface area contributed by atoms with Crippen molar-refractivity contribution in [2.24, 2.45) is 17.3 Å². The molecule has 0 radical (unpaired) electrons. The van der Waals surface area contributed by atoms with Crippen LogP contribution in [-0.4, -0.2) is 5.91 Å². The number of hydrogen-bond donors (Lipinski definition) is 1. The minimum atomic E-state index is 0.0299. The predicted octanol–water partition coefficient (Wildman–Crippen LogP) is 3.93. The summed E-state index contributed by atoms with van der Waals surface area (Å²) in [5, 5.41) is 11.6. The molecule has 0 saturated heterocycles. The fourth-order valence-corrected chi connectivity index (χ4v) is 2.87. The molecule has 3 heteroatoms. The summed E-state index contributed by atoms with van der Waals surface area (Å²) >= 11 is 0. The fourth-order valence-electron chi connectivity index (χ4n) is 2.87. The van der Waals surface area contributed by atoms with Crippen LogP contribution in [0.4, 0.5) is 5.69 Å². The predicted molar refractivity (Wildman–Crippen MR) is 84.6 cm³/mol. The Hall–Kier alpha value is -2.08. The van der Waals surface area contributed by atoms with Gasteiger partial charge in [0.2, 0.25) is 5.91 Å². The lowest BCUT2D eigenvalue weighted by molar-refractivity contribution is -0.118. The van der Waals surface area contributed by atoms with Crippen molar-refractivity contribution < 1.29 is 4.79 Å². The van der Waals surface area contributed by atoms with Gasteiger partial charge in [0.25, 0.3) is 0 Å². The zero-order valence-electron chi connectivity index (χ0n) is 13.1. The Morgan fingerprint density at radius 2 is 1.95 bits per heavy atom. The van der Waals surface area contributed by atoms with Crippen molar-refractivity contribution in [1.29, 1.82) is 5.26 Å². The molecule has 1 fully saturated rings. The molecule has 0 spiro atoms. The van der Waals surface area contributed by atoms with Gasteiger partial charge in [-0.2, -0.15) is 5.26 Å². The van der Waals surface area contributed by atoms with E-state index in [0.717, 1.165) is 11.3 Å². The quantitative estimate of drug-likeness (QED) is 0.851. The number of anilines is 1. The lowest BCUT2D eigenvalue weighted by atomic mass is 10.1. The largest absolute Gasteiger partial charge is 0.326 e. The van der Waals surface area contributed by atoms with Crippen LogP contribution in [0.25, 0.3) is 0 Å².